The van der Waals surface area contributed by atoms with Crippen molar-refractivity contribution in [3.63, 3.8) is 0 Å². The van der Waals surface area contributed by atoms with Crippen LogP contribution in [0.25, 0.3) is 11.1 Å². The van der Waals surface area contributed by atoms with Gasteiger partial charge in [-0.1, -0.05) is 60.7 Å². The Morgan fingerprint density at radius 1 is 0.902 bits per heavy atom. The zero-order valence-corrected chi connectivity index (χ0v) is 22.7. The van der Waals surface area contributed by atoms with Crippen LogP contribution in [-0.4, -0.2) is 48.3 Å². The summed E-state index contributed by atoms with van der Waals surface area (Å²) in [6.45, 7) is 5.16. The van der Waals surface area contributed by atoms with Crippen LogP contribution in [0.15, 0.2) is 91.1 Å². The number of aromatic nitrogens is 1. The van der Waals surface area contributed by atoms with Gasteiger partial charge in [-0.3, -0.25) is 9.69 Å². The highest BCUT2D eigenvalue weighted by atomic mass is 19.4. The van der Waals surface area contributed by atoms with Gasteiger partial charge < -0.3 is 15.0 Å². The van der Waals surface area contributed by atoms with Gasteiger partial charge >= 0.3 is 6.36 Å². The molecule has 1 aliphatic heterocycles. The van der Waals surface area contributed by atoms with Crippen molar-refractivity contribution in [2.45, 2.75) is 26.3 Å². The van der Waals surface area contributed by atoms with Crippen molar-refractivity contribution < 1.29 is 22.7 Å². The van der Waals surface area contributed by atoms with E-state index >= 15 is 0 Å². The van der Waals surface area contributed by atoms with Crippen LogP contribution in [0.1, 0.15) is 27.9 Å². The van der Waals surface area contributed by atoms with E-state index in [0.717, 1.165) is 42.0 Å². The fourth-order valence-corrected chi connectivity index (χ4v) is 5.12. The molecule has 0 spiro atoms. The number of alkyl halides is 3. The number of pyridine rings is 1. The molecule has 0 aliphatic carbocycles. The third kappa shape index (κ3) is 7.24. The first-order valence-electron chi connectivity index (χ1n) is 13.5. The lowest BCUT2D eigenvalue weighted by molar-refractivity contribution is -0.275. The number of amides is 1. The number of rotatable bonds is 7. The van der Waals surface area contributed by atoms with Gasteiger partial charge in [0.15, 0.2) is 0 Å². The topological polar surface area (TPSA) is 57.7 Å². The van der Waals surface area contributed by atoms with Crippen molar-refractivity contribution in [2.24, 2.45) is 0 Å². The minimum absolute atomic E-state index is 0.164. The molecule has 0 atom stereocenters. The Kier molecular flexibility index (Phi) is 8.54. The molecule has 1 N–H and O–H groups in total. The van der Waals surface area contributed by atoms with E-state index in [4.69, 9.17) is 0 Å². The minimum atomic E-state index is -4.73. The Labute approximate surface area is 237 Å². The number of benzene rings is 3. The highest BCUT2D eigenvalue weighted by Gasteiger charge is 2.32. The smallest absolute Gasteiger partial charge is 0.405 e. The van der Waals surface area contributed by atoms with Gasteiger partial charge in [0.05, 0.1) is 11.9 Å². The molecule has 41 heavy (non-hydrogen) atoms. The second-order valence-electron chi connectivity index (χ2n) is 9.98. The number of ether oxygens (including phenoxy) is 1. The fourth-order valence-electron chi connectivity index (χ4n) is 5.12. The molecule has 1 amide bonds. The van der Waals surface area contributed by atoms with Gasteiger partial charge in [-0.05, 0) is 54.3 Å². The molecule has 4 aromatic rings. The van der Waals surface area contributed by atoms with Gasteiger partial charge in [-0.2, -0.15) is 0 Å². The van der Waals surface area contributed by atoms with Gasteiger partial charge in [-0.15, -0.1) is 13.2 Å². The minimum Gasteiger partial charge on any atom is -0.405 e. The molecular formula is C32H31F3N4O2. The number of para-hydroxylation sites is 1. The molecule has 1 fully saturated rings. The summed E-state index contributed by atoms with van der Waals surface area (Å²) in [6, 6.07) is 25.7. The van der Waals surface area contributed by atoms with Crippen LogP contribution in [0.4, 0.5) is 24.7 Å². The number of nitrogens with one attached hydrogen (secondary N) is 1. The molecule has 1 aromatic heterocycles. The fraction of sp³-hybridized carbons (Fsp3) is 0.250. The van der Waals surface area contributed by atoms with Crippen molar-refractivity contribution >= 4 is 17.4 Å². The quantitative estimate of drug-likeness (QED) is 0.266. The molecule has 1 saturated heterocycles. The molecule has 6 nitrogen and oxygen atoms in total. The Morgan fingerprint density at radius 3 is 2.44 bits per heavy atom. The summed E-state index contributed by atoms with van der Waals surface area (Å²) >= 11 is 0. The Balaban J connectivity index is 1.20. The largest absolute Gasteiger partial charge is 0.573 e. The highest BCUT2D eigenvalue weighted by molar-refractivity contribution is 6.06. The van der Waals surface area contributed by atoms with E-state index in [1.54, 1.807) is 18.3 Å². The molecule has 9 heteroatoms. The first kappa shape index (κ1) is 28.2. The molecule has 0 bridgehead atoms. The molecular weight excluding hydrogens is 529 g/mol. The lowest BCUT2D eigenvalue weighted by Gasteiger charge is -2.23. The summed E-state index contributed by atoms with van der Waals surface area (Å²) < 4.78 is 42.7. The SMILES string of the molecule is Cc1c(C(=O)Nc2ccc(N3CCCN(Cc4ccccc4OC(F)(F)F)CC3)nc2)cccc1-c1ccccc1. The van der Waals surface area contributed by atoms with E-state index in [9.17, 15) is 18.0 Å². The summed E-state index contributed by atoms with van der Waals surface area (Å²) in [7, 11) is 0. The van der Waals surface area contributed by atoms with Gasteiger partial charge in [-0.25, -0.2) is 4.98 Å². The average Bonchev–Trinajstić information content (AvgIpc) is 3.20. The molecule has 3 aromatic carbocycles. The maximum atomic E-state index is 13.1. The number of anilines is 2. The number of hydrogen-bond acceptors (Lipinski definition) is 5. The average molecular weight is 561 g/mol. The maximum Gasteiger partial charge on any atom is 0.573 e. The monoisotopic (exact) mass is 560 g/mol. The standard InChI is InChI=1S/C32H31F3N4O2/c1-23-27(24-9-3-2-4-10-24)12-7-13-28(23)31(40)37-26-15-16-30(36-21-26)39-18-8-17-38(19-20-39)22-25-11-5-6-14-29(25)41-32(33,34)35/h2-7,9-16,21H,8,17-20,22H2,1H3,(H,37,40). The van der Waals surface area contributed by atoms with Gasteiger partial charge in [0, 0.05) is 43.9 Å². The second kappa shape index (κ2) is 12.4. The normalized spacial score (nSPS) is 14.4. The van der Waals surface area contributed by atoms with Crippen LogP contribution in [0.2, 0.25) is 0 Å². The van der Waals surface area contributed by atoms with Crippen LogP contribution in [0.3, 0.4) is 0 Å². The predicted molar refractivity (Wildman–Crippen MR) is 154 cm³/mol. The van der Waals surface area contributed by atoms with E-state index in [1.165, 1.54) is 12.1 Å². The molecule has 0 unspecified atom stereocenters. The van der Waals surface area contributed by atoms with Gasteiger partial charge in [0.2, 0.25) is 0 Å². The lowest BCUT2D eigenvalue weighted by atomic mass is 9.96. The van der Waals surface area contributed by atoms with Gasteiger partial charge in [0.1, 0.15) is 11.6 Å². The van der Waals surface area contributed by atoms with Crippen LogP contribution in [-0.2, 0) is 6.54 Å². The predicted octanol–water partition coefficient (Wildman–Crippen LogP) is 6.92. The molecule has 1 aliphatic rings. The summed E-state index contributed by atoms with van der Waals surface area (Å²) in [5, 5.41) is 2.96. The van der Waals surface area contributed by atoms with Crippen LogP contribution in [0, 0.1) is 6.92 Å². The third-order valence-electron chi connectivity index (χ3n) is 7.17. The van der Waals surface area contributed by atoms with E-state index in [2.05, 4.69) is 24.8 Å². The first-order valence-corrected chi connectivity index (χ1v) is 13.5. The van der Waals surface area contributed by atoms with Crippen LogP contribution >= 0.6 is 0 Å². The molecule has 212 valence electrons. The van der Waals surface area contributed by atoms with E-state index < -0.39 is 6.36 Å². The maximum absolute atomic E-state index is 13.1. The molecule has 0 radical (unpaired) electrons. The van der Waals surface area contributed by atoms with E-state index in [1.807, 2.05) is 67.6 Å². The first-order chi connectivity index (χ1) is 19.8. The third-order valence-corrected chi connectivity index (χ3v) is 7.17. The number of carbonyl (C=O) groups is 1. The molecule has 5 rings (SSSR count). The second-order valence-corrected chi connectivity index (χ2v) is 9.98. The number of hydrogen-bond donors (Lipinski definition) is 1. The number of halogens is 3. The van der Waals surface area contributed by atoms with Crippen molar-refractivity contribution in [3.8, 4) is 16.9 Å². The van der Waals surface area contributed by atoms with Crippen LogP contribution < -0.4 is 15.0 Å². The zero-order valence-electron chi connectivity index (χ0n) is 22.7. The Morgan fingerprint density at radius 2 is 1.68 bits per heavy atom. The molecule has 2 heterocycles. The highest BCUT2D eigenvalue weighted by Crippen LogP contribution is 2.28. The number of carbonyl (C=O) groups excluding carboxylic acids is 1. The summed E-state index contributed by atoms with van der Waals surface area (Å²) in [5.41, 5.74) is 4.67. The summed E-state index contributed by atoms with van der Waals surface area (Å²) in [6.07, 6.45) is -2.25. The molecule has 0 saturated carbocycles. The summed E-state index contributed by atoms with van der Waals surface area (Å²) in [4.78, 5) is 22.0. The van der Waals surface area contributed by atoms with Crippen molar-refractivity contribution in [2.75, 3.05) is 36.4 Å². The lowest BCUT2D eigenvalue weighted by Crippen LogP contribution is -2.31. The Bertz CT molecular complexity index is 1480. The van der Waals surface area contributed by atoms with Crippen molar-refractivity contribution in [1.82, 2.24) is 9.88 Å². The van der Waals surface area contributed by atoms with Crippen molar-refractivity contribution in [3.05, 3.63) is 108 Å². The van der Waals surface area contributed by atoms with Gasteiger partial charge in [0.25, 0.3) is 5.91 Å². The van der Waals surface area contributed by atoms with E-state index in [-0.39, 0.29) is 11.7 Å². The Hall–Kier alpha value is -4.37. The van der Waals surface area contributed by atoms with Crippen molar-refractivity contribution in [1.29, 1.82) is 0 Å². The van der Waals surface area contributed by atoms with E-state index in [0.29, 0.717) is 36.4 Å². The number of nitrogens with zero attached hydrogens (tertiary/aromatic N) is 3. The zero-order chi connectivity index (χ0) is 28.8. The van der Waals surface area contributed by atoms with Crippen LogP contribution in [0.5, 0.6) is 5.75 Å². The summed E-state index contributed by atoms with van der Waals surface area (Å²) in [5.74, 6) is 0.422.